The molecule has 0 saturated carbocycles. The van der Waals surface area contributed by atoms with Crippen LogP contribution in [0, 0.1) is 6.92 Å². The number of aryl methyl sites for hydroxylation is 2. The minimum absolute atomic E-state index is 0.576. The Bertz CT molecular complexity index is 318. The van der Waals surface area contributed by atoms with E-state index in [4.69, 9.17) is 0 Å². The van der Waals surface area contributed by atoms with Gasteiger partial charge in [0.2, 0.25) is 0 Å². The molecule has 0 saturated heterocycles. The lowest BCUT2D eigenvalue weighted by Gasteiger charge is -2.10. The number of hydrogen-bond donors (Lipinski definition) is 0. The van der Waals surface area contributed by atoms with E-state index >= 15 is 0 Å². The normalized spacial score (nSPS) is 11.8. The maximum Gasteiger partial charge on any atom is 0.416 e. The smallest absolute Gasteiger partial charge is 0.166 e. The van der Waals surface area contributed by atoms with Gasteiger partial charge in [-0.3, -0.25) is 0 Å². The first-order valence-corrected chi connectivity index (χ1v) is 5.30. The van der Waals surface area contributed by atoms with Gasteiger partial charge in [-0.25, -0.2) is 0 Å². The lowest BCUT2D eigenvalue weighted by molar-refractivity contribution is -0.137. The number of rotatable bonds is 2. The molecule has 0 aliphatic heterocycles. The quantitative estimate of drug-likeness (QED) is 0.712. The van der Waals surface area contributed by atoms with Gasteiger partial charge in [0.25, 0.3) is 0 Å². The van der Waals surface area contributed by atoms with E-state index in [1.165, 1.54) is 6.07 Å². The van der Waals surface area contributed by atoms with E-state index in [2.05, 4.69) is 15.9 Å². The zero-order chi connectivity index (χ0) is 10.8. The standard InChI is InChI=1S/C10H10BrF3/c1-7-6-9(10(12,13)14)3-2-8(7)4-5-11/h2-3,6H,4-5H2,1H3. The van der Waals surface area contributed by atoms with Gasteiger partial charge in [-0.15, -0.1) is 0 Å². The summed E-state index contributed by atoms with van der Waals surface area (Å²) in [6.45, 7) is 1.70. The van der Waals surface area contributed by atoms with Gasteiger partial charge in [0, 0.05) is 5.33 Å². The van der Waals surface area contributed by atoms with Gasteiger partial charge >= 0.3 is 6.18 Å². The molecule has 0 unspecified atom stereocenters. The molecule has 14 heavy (non-hydrogen) atoms. The predicted molar refractivity (Wildman–Crippen MR) is 53.7 cm³/mol. The number of benzene rings is 1. The molecule has 0 nitrogen and oxygen atoms in total. The van der Waals surface area contributed by atoms with E-state index in [-0.39, 0.29) is 0 Å². The molecule has 78 valence electrons. The molecule has 1 rings (SSSR count). The van der Waals surface area contributed by atoms with E-state index in [0.717, 1.165) is 23.4 Å². The van der Waals surface area contributed by atoms with E-state index in [1.807, 2.05) is 0 Å². The number of alkyl halides is 4. The van der Waals surface area contributed by atoms with Crippen LogP contribution >= 0.6 is 15.9 Å². The Labute approximate surface area is 89.3 Å². The molecule has 0 bridgehead atoms. The van der Waals surface area contributed by atoms with Gasteiger partial charge in [-0.1, -0.05) is 22.0 Å². The van der Waals surface area contributed by atoms with Crippen LogP contribution in [0.15, 0.2) is 18.2 Å². The van der Waals surface area contributed by atoms with Crippen molar-refractivity contribution in [3.63, 3.8) is 0 Å². The van der Waals surface area contributed by atoms with Crippen LogP contribution in [0.25, 0.3) is 0 Å². The van der Waals surface area contributed by atoms with Crippen molar-refractivity contribution in [2.24, 2.45) is 0 Å². The maximum absolute atomic E-state index is 12.3. The summed E-state index contributed by atoms with van der Waals surface area (Å²) in [4.78, 5) is 0. The molecule has 0 fully saturated rings. The molecule has 0 aliphatic carbocycles. The summed E-state index contributed by atoms with van der Waals surface area (Å²) in [5.74, 6) is 0. The van der Waals surface area contributed by atoms with Crippen molar-refractivity contribution < 1.29 is 13.2 Å². The molecule has 0 N–H and O–H groups in total. The van der Waals surface area contributed by atoms with E-state index in [1.54, 1.807) is 13.0 Å². The highest BCUT2D eigenvalue weighted by molar-refractivity contribution is 9.09. The summed E-state index contributed by atoms with van der Waals surface area (Å²) < 4.78 is 36.8. The zero-order valence-corrected chi connectivity index (χ0v) is 9.24. The van der Waals surface area contributed by atoms with Crippen molar-refractivity contribution in [2.45, 2.75) is 19.5 Å². The van der Waals surface area contributed by atoms with Crippen LogP contribution in [0.5, 0.6) is 0 Å². The lowest BCUT2D eigenvalue weighted by Crippen LogP contribution is -2.06. The lowest BCUT2D eigenvalue weighted by atomic mass is 10.0. The predicted octanol–water partition coefficient (Wildman–Crippen LogP) is 3.95. The van der Waals surface area contributed by atoms with E-state index < -0.39 is 11.7 Å². The Morgan fingerprint density at radius 1 is 1.29 bits per heavy atom. The van der Waals surface area contributed by atoms with Crippen LogP contribution in [-0.4, -0.2) is 5.33 Å². The third-order valence-corrected chi connectivity index (χ3v) is 2.43. The second-order valence-electron chi connectivity index (χ2n) is 3.08. The fraction of sp³-hybridized carbons (Fsp3) is 0.400. The maximum atomic E-state index is 12.3. The molecule has 0 aromatic heterocycles. The second-order valence-corrected chi connectivity index (χ2v) is 3.87. The highest BCUT2D eigenvalue weighted by atomic mass is 79.9. The summed E-state index contributed by atoms with van der Waals surface area (Å²) in [6.07, 6.45) is -3.48. The van der Waals surface area contributed by atoms with Gasteiger partial charge < -0.3 is 0 Å². The topological polar surface area (TPSA) is 0 Å². The zero-order valence-electron chi connectivity index (χ0n) is 7.66. The van der Waals surface area contributed by atoms with Crippen molar-refractivity contribution in [1.82, 2.24) is 0 Å². The van der Waals surface area contributed by atoms with Gasteiger partial charge in [-0.2, -0.15) is 13.2 Å². The fourth-order valence-corrected chi connectivity index (χ4v) is 1.68. The first-order valence-electron chi connectivity index (χ1n) is 4.18. The summed E-state index contributed by atoms with van der Waals surface area (Å²) in [7, 11) is 0. The summed E-state index contributed by atoms with van der Waals surface area (Å²) >= 11 is 3.26. The van der Waals surface area contributed by atoms with Crippen LogP contribution in [0.1, 0.15) is 16.7 Å². The first kappa shape index (κ1) is 11.6. The Morgan fingerprint density at radius 3 is 2.36 bits per heavy atom. The molecular weight excluding hydrogens is 257 g/mol. The Kier molecular flexibility index (Phi) is 3.59. The molecule has 1 aromatic rings. The monoisotopic (exact) mass is 266 g/mol. The molecule has 0 radical (unpaired) electrons. The summed E-state index contributed by atoms with van der Waals surface area (Å²) in [5, 5.41) is 0.763. The van der Waals surface area contributed by atoms with Gasteiger partial charge in [0.1, 0.15) is 0 Å². The van der Waals surface area contributed by atoms with Crippen LogP contribution in [0.3, 0.4) is 0 Å². The van der Waals surface area contributed by atoms with Crippen LogP contribution in [0.4, 0.5) is 13.2 Å². The molecule has 0 spiro atoms. The van der Waals surface area contributed by atoms with E-state index in [0.29, 0.717) is 5.56 Å². The average molecular weight is 267 g/mol. The van der Waals surface area contributed by atoms with E-state index in [9.17, 15) is 13.2 Å². The van der Waals surface area contributed by atoms with Crippen molar-refractivity contribution in [2.75, 3.05) is 5.33 Å². The molecule has 0 heterocycles. The molecule has 0 amide bonds. The van der Waals surface area contributed by atoms with Crippen molar-refractivity contribution >= 4 is 15.9 Å². The number of halogens is 4. The minimum Gasteiger partial charge on any atom is -0.166 e. The van der Waals surface area contributed by atoms with Crippen LogP contribution in [0.2, 0.25) is 0 Å². The summed E-state index contributed by atoms with van der Waals surface area (Å²) in [6, 6.07) is 3.86. The largest absolute Gasteiger partial charge is 0.416 e. The Morgan fingerprint density at radius 2 is 1.93 bits per heavy atom. The number of hydrogen-bond acceptors (Lipinski definition) is 0. The average Bonchev–Trinajstić information content (AvgIpc) is 2.07. The third kappa shape index (κ3) is 2.74. The van der Waals surface area contributed by atoms with Crippen LogP contribution in [-0.2, 0) is 12.6 Å². The molecule has 1 aromatic carbocycles. The Hall–Kier alpha value is -0.510. The van der Waals surface area contributed by atoms with Crippen molar-refractivity contribution in [3.8, 4) is 0 Å². The molecule has 4 heteroatoms. The fourth-order valence-electron chi connectivity index (χ4n) is 1.25. The molecule has 0 atom stereocenters. The highest BCUT2D eigenvalue weighted by Gasteiger charge is 2.30. The Balaban J connectivity index is 3.01. The SMILES string of the molecule is Cc1cc(C(F)(F)F)ccc1CCBr. The van der Waals surface area contributed by atoms with Gasteiger partial charge in [0.05, 0.1) is 5.56 Å². The highest BCUT2D eigenvalue weighted by Crippen LogP contribution is 2.30. The second kappa shape index (κ2) is 4.34. The molecular formula is C10H10BrF3. The first-order chi connectivity index (χ1) is 6.45. The van der Waals surface area contributed by atoms with Gasteiger partial charge in [-0.05, 0) is 36.6 Å². The van der Waals surface area contributed by atoms with Crippen molar-refractivity contribution in [1.29, 1.82) is 0 Å². The summed E-state index contributed by atoms with van der Waals surface area (Å²) in [5.41, 5.74) is 1.07. The minimum atomic E-state index is -4.24. The van der Waals surface area contributed by atoms with Crippen molar-refractivity contribution in [3.05, 3.63) is 34.9 Å². The van der Waals surface area contributed by atoms with Gasteiger partial charge in [0.15, 0.2) is 0 Å². The van der Waals surface area contributed by atoms with Crippen LogP contribution < -0.4 is 0 Å². The molecule has 0 aliphatic rings. The third-order valence-electron chi connectivity index (χ3n) is 2.03.